The summed E-state index contributed by atoms with van der Waals surface area (Å²) >= 11 is 0. The minimum Gasteiger partial charge on any atom is -0.496 e. The highest BCUT2D eigenvalue weighted by molar-refractivity contribution is 6.09. The van der Waals surface area contributed by atoms with Crippen molar-refractivity contribution in [1.29, 1.82) is 0 Å². The maximum Gasteiger partial charge on any atom is 0.215 e. The monoisotopic (exact) mass is 245 g/mol. The molecule has 1 aromatic heterocycles. The van der Waals surface area contributed by atoms with E-state index in [2.05, 4.69) is 4.98 Å². The molecule has 0 atom stereocenters. The highest BCUT2D eigenvalue weighted by Gasteiger charge is 2.15. The van der Waals surface area contributed by atoms with Crippen molar-refractivity contribution in [1.82, 2.24) is 4.98 Å². The number of carbonyl (C=O) groups excluding carboxylic acids is 1. The van der Waals surface area contributed by atoms with Gasteiger partial charge in [-0.05, 0) is 31.2 Å². The number of methoxy groups -OCH3 is 1. The van der Waals surface area contributed by atoms with Gasteiger partial charge < -0.3 is 4.74 Å². The summed E-state index contributed by atoms with van der Waals surface area (Å²) in [6.45, 7) is 1.88. The van der Waals surface area contributed by atoms with Gasteiger partial charge in [-0.2, -0.15) is 0 Å². The minimum absolute atomic E-state index is 0.195. The van der Waals surface area contributed by atoms with Crippen LogP contribution in [0.2, 0.25) is 0 Å². The maximum atomic E-state index is 12.8. The number of carbonyl (C=O) groups is 1. The van der Waals surface area contributed by atoms with Gasteiger partial charge in [0.2, 0.25) is 5.78 Å². The lowest BCUT2D eigenvalue weighted by Crippen LogP contribution is -2.06. The van der Waals surface area contributed by atoms with E-state index in [0.717, 1.165) is 11.8 Å². The van der Waals surface area contributed by atoms with Gasteiger partial charge in [-0.25, -0.2) is 9.37 Å². The quantitative estimate of drug-likeness (QED) is 0.780. The normalized spacial score (nSPS) is 10.2. The summed E-state index contributed by atoms with van der Waals surface area (Å²) in [5.41, 5.74) is 1.57. The molecule has 18 heavy (non-hydrogen) atoms. The Morgan fingerprint density at radius 1 is 1.28 bits per heavy atom. The van der Waals surface area contributed by atoms with Crippen LogP contribution in [0.3, 0.4) is 0 Å². The summed E-state index contributed by atoms with van der Waals surface area (Å²) in [7, 11) is 1.50. The molecule has 0 aliphatic carbocycles. The zero-order valence-corrected chi connectivity index (χ0v) is 10.1. The molecule has 0 amide bonds. The van der Waals surface area contributed by atoms with Crippen molar-refractivity contribution >= 4 is 5.78 Å². The summed E-state index contributed by atoms with van der Waals surface area (Å²) < 4.78 is 17.9. The van der Waals surface area contributed by atoms with Crippen LogP contribution in [0.1, 0.15) is 21.6 Å². The van der Waals surface area contributed by atoms with E-state index in [1.54, 1.807) is 12.1 Å². The van der Waals surface area contributed by atoms with Crippen LogP contribution >= 0.6 is 0 Å². The molecule has 0 radical (unpaired) electrons. The molecule has 0 aliphatic heterocycles. The molecule has 1 heterocycles. The van der Waals surface area contributed by atoms with E-state index in [0.29, 0.717) is 11.3 Å². The van der Waals surface area contributed by atoms with Crippen molar-refractivity contribution in [3.8, 4) is 5.75 Å². The third kappa shape index (κ3) is 2.37. The number of ether oxygens (including phenoxy) is 1. The lowest BCUT2D eigenvalue weighted by atomic mass is 10.0. The largest absolute Gasteiger partial charge is 0.496 e. The Bertz CT molecular complexity index is 579. The molecule has 0 saturated carbocycles. The highest BCUT2D eigenvalue weighted by atomic mass is 19.1. The van der Waals surface area contributed by atoms with E-state index in [-0.39, 0.29) is 11.5 Å². The zero-order chi connectivity index (χ0) is 13.1. The molecule has 0 unspecified atom stereocenters. The van der Waals surface area contributed by atoms with E-state index < -0.39 is 5.82 Å². The van der Waals surface area contributed by atoms with E-state index >= 15 is 0 Å². The standard InChI is InChI=1S/C14H12FNO2/c1-9-3-6-13(18-2)11(7-9)14(17)12-5-4-10(15)8-16-12/h3-8H,1-2H3. The molecule has 3 nitrogen and oxygen atoms in total. The van der Waals surface area contributed by atoms with Crippen molar-refractivity contribution in [2.75, 3.05) is 7.11 Å². The van der Waals surface area contributed by atoms with E-state index in [4.69, 9.17) is 4.74 Å². The van der Waals surface area contributed by atoms with Crippen LogP contribution in [0.25, 0.3) is 0 Å². The number of hydrogen-bond donors (Lipinski definition) is 0. The fourth-order valence-electron chi connectivity index (χ4n) is 1.65. The maximum absolute atomic E-state index is 12.8. The zero-order valence-electron chi connectivity index (χ0n) is 10.1. The molecule has 2 rings (SSSR count). The number of nitrogens with zero attached hydrogens (tertiary/aromatic N) is 1. The molecule has 0 saturated heterocycles. The van der Waals surface area contributed by atoms with Gasteiger partial charge in [0, 0.05) is 0 Å². The minimum atomic E-state index is -0.470. The van der Waals surface area contributed by atoms with Gasteiger partial charge in [0.05, 0.1) is 18.9 Å². The number of halogens is 1. The van der Waals surface area contributed by atoms with E-state index in [1.165, 1.54) is 19.2 Å². The Balaban J connectivity index is 2.45. The fraction of sp³-hybridized carbons (Fsp3) is 0.143. The molecule has 0 bridgehead atoms. The average molecular weight is 245 g/mol. The van der Waals surface area contributed by atoms with Gasteiger partial charge in [-0.1, -0.05) is 11.6 Å². The Labute approximate surface area is 104 Å². The number of ketones is 1. The molecular formula is C14H12FNO2. The van der Waals surface area contributed by atoms with Gasteiger partial charge in [-0.15, -0.1) is 0 Å². The molecule has 0 N–H and O–H groups in total. The molecule has 0 spiro atoms. The molecule has 4 heteroatoms. The van der Waals surface area contributed by atoms with Crippen LogP contribution in [-0.4, -0.2) is 17.9 Å². The first-order valence-corrected chi connectivity index (χ1v) is 5.42. The molecule has 0 aliphatic rings. The summed E-state index contributed by atoms with van der Waals surface area (Å²) in [4.78, 5) is 16.0. The second-order valence-electron chi connectivity index (χ2n) is 3.89. The first kappa shape index (κ1) is 12.2. The Hall–Kier alpha value is -2.23. The van der Waals surface area contributed by atoms with Crippen molar-refractivity contribution in [3.05, 3.63) is 59.2 Å². The van der Waals surface area contributed by atoms with Crippen LogP contribution < -0.4 is 4.74 Å². The van der Waals surface area contributed by atoms with Gasteiger partial charge in [0.1, 0.15) is 17.3 Å². The van der Waals surface area contributed by atoms with Crippen LogP contribution in [0.4, 0.5) is 4.39 Å². The van der Waals surface area contributed by atoms with Crippen molar-refractivity contribution in [2.45, 2.75) is 6.92 Å². The topological polar surface area (TPSA) is 39.2 Å². The second kappa shape index (κ2) is 4.96. The average Bonchev–Trinajstić information content (AvgIpc) is 2.39. The third-order valence-corrected chi connectivity index (χ3v) is 2.56. The van der Waals surface area contributed by atoms with Gasteiger partial charge in [-0.3, -0.25) is 4.79 Å². The van der Waals surface area contributed by atoms with Crippen molar-refractivity contribution in [2.24, 2.45) is 0 Å². The molecule has 1 aromatic carbocycles. The first-order valence-electron chi connectivity index (χ1n) is 5.42. The SMILES string of the molecule is COc1ccc(C)cc1C(=O)c1ccc(F)cn1. The lowest BCUT2D eigenvalue weighted by Gasteiger charge is -2.08. The predicted molar refractivity (Wildman–Crippen MR) is 65.4 cm³/mol. The predicted octanol–water partition coefficient (Wildman–Crippen LogP) is 2.77. The smallest absolute Gasteiger partial charge is 0.215 e. The molecule has 2 aromatic rings. The number of rotatable bonds is 3. The summed E-state index contributed by atoms with van der Waals surface area (Å²) in [5.74, 6) is -0.268. The van der Waals surface area contributed by atoms with Crippen LogP contribution in [-0.2, 0) is 0 Å². The third-order valence-electron chi connectivity index (χ3n) is 2.56. The number of hydrogen-bond acceptors (Lipinski definition) is 3. The summed E-state index contributed by atoms with van der Waals surface area (Å²) in [5, 5.41) is 0. The number of aromatic nitrogens is 1. The lowest BCUT2D eigenvalue weighted by molar-refractivity contribution is 0.103. The second-order valence-corrected chi connectivity index (χ2v) is 3.89. The summed E-state index contributed by atoms with van der Waals surface area (Å²) in [6, 6.07) is 7.88. The Morgan fingerprint density at radius 2 is 2.06 bits per heavy atom. The van der Waals surface area contributed by atoms with Gasteiger partial charge >= 0.3 is 0 Å². The molecular weight excluding hydrogens is 233 g/mol. The van der Waals surface area contributed by atoms with Crippen molar-refractivity contribution < 1.29 is 13.9 Å². The fourth-order valence-corrected chi connectivity index (χ4v) is 1.65. The highest BCUT2D eigenvalue weighted by Crippen LogP contribution is 2.22. The van der Waals surface area contributed by atoms with Gasteiger partial charge in [0.15, 0.2) is 0 Å². The van der Waals surface area contributed by atoms with Crippen LogP contribution in [0, 0.1) is 12.7 Å². The van der Waals surface area contributed by atoms with Crippen LogP contribution in [0.15, 0.2) is 36.5 Å². The Kier molecular flexibility index (Phi) is 3.37. The first-order chi connectivity index (χ1) is 8.61. The Morgan fingerprint density at radius 3 is 2.67 bits per heavy atom. The number of benzene rings is 1. The van der Waals surface area contributed by atoms with E-state index in [1.807, 2.05) is 13.0 Å². The molecule has 92 valence electrons. The summed E-state index contributed by atoms with van der Waals surface area (Å²) in [6.07, 6.45) is 1.02. The van der Waals surface area contributed by atoms with Gasteiger partial charge in [0.25, 0.3) is 0 Å². The van der Waals surface area contributed by atoms with Crippen LogP contribution in [0.5, 0.6) is 5.75 Å². The number of pyridine rings is 1. The van der Waals surface area contributed by atoms with Crippen molar-refractivity contribution in [3.63, 3.8) is 0 Å². The van der Waals surface area contributed by atoms with E-state index in [9.17, 15) is 9.18 Å². The molecule has 0 fully saturated rings. The number of aryl methyl sites for hydroxylation is 1.